The Bertz CT molecular complexity index is 6560. The molecule has 0 spiro atoms. The Labute approximate surface area is 808 Å². The number of aromatic nitrogens is 30. The van der Waals surface area contributed by atoms with Crippen molar-refractivity contribution in [1.82, 2.24) is 178 Å². The lowest BCUT2D eigenvalue weighted by Crippen LogP contribution is -2.34. The molecule has 0 aliphatic carbocycles. The maximum absolute atomic E-state index is 14.6. The molecular weight excluding hydrogens is 1930 g/mol. The maximum atomic E-state index is 14.6. The molecule has 6 unspecified atom stereocenters. The molecule has 0 aromatic carbocycles. The van der Waals surface area contributed by atoms with E-state index < -0.39 is 11.6 Å². The van der Waals surface area contributed by atoms with E-state index in [1.54, 1.807) is 114 Å². The van der Waals surface area contributed by atoms with E-state index in [2.05, 4.69) is 135 Å². The summed E-state index contributed by atoms with van der Waals surface area (Å²) in [5.41, 5.74) is 56.1. The summed E-state index contributed by atoms with van der Waals surface area (Å²) in [6.45, 7) is 11.3. The number of nitrogens with two attached hydrogens (primary N) is 6. The van der Waals surface area contributed by atoms with Gasteiger partial charge in [-0.15, -0.1) is 0 Å². The first kappa shape index (κ1) is 92.9. The summed E-state index contributed by atoms with van der Waals surface area (Å²) in [4.78, 5) is 28.4. The molecule has 0 bridgehead atoms. The molecule has 24 heterocycles. The van der Waals surface area contributed by atoms with Gasteiger partial charge in [0.25, 0.3) is 0 Å². The number of fused-ring (bicyclic) bond motifs is 6. The number of nitrogens with one attached hydrogen (secondary N) is 6. The van der Waals surface area contributed by atoms with Crippen LogP contribution in [0.15, 0.2) is 120 Å². The molecular formula is C88H104Br2Cl2F2N42O. The van der Waals surface area contributed by atoms with Crippen molar-refractivity contribution in [2.75, 3.05) is 120 Å². The lowest BCUT2D eigenvalue weighted by Gasteiger charge is -2.24. The van der Waals surface area contributed by atoms with E-state index in [-0.39, 0.29) is 41.4 Å². The second-order valence-electron chi connectivity index (χ2n) is 34.8. The van der Waals surface area contributed by atoms with Crippen molar-refractivity contribution in [2.45, 2.75) is 93.5 Å². The van der Waals surface area contributed by atoms with Crippen LogP contribution in [0.3, 0.4) is 0 Å². The number of nitrogens with zero attached hydrogens (tertiary/aromatic N) is 30. The number of rotatable bonds is 12. The predicted octanol–water partition coefficient (Wildman–Crippen LogP) is 8.99. The normalized spacial score (nSPS) is 18.6. The largest absolute Gasteiger partial charge is 0.383 e. The number of hydrogen-bond donors (Lipinski definition) is 12. The molecule has 6 aliphatic heterocycles. The first-order valence-electron chi connectivity index (χ1n) is 45.1. The van der Waals surface area contributed by atoms with Gasteiger partial charge in [-0.2, -0.15) is 88.3 Å². The summed E-state index contributed by atoms with van der Waals surface area (Å²) < 4.78 is 56.3. The Hall–Kier alpha value is -13.1. The van der Waals surface area contributed by atoms with Crippen LogP contribution in [0, 0.1) is 11.6 Å². The first-order chi connectivity index (χ1) is 66.4. The van der Waals surface area contributed by atoms with Crippen molar-refractivity contribution in [2.24, 2.45) is 42.3 Å². The Balaban J connectivity index is 0.000000105. The van der Waals surface area contributed by atoms with E-state index in [4.69, 9.17) is 82.3 Å². The Morgan fingerprint density at radius 1 is 0.299 bits per heavy atom. The molecule has 18 N–H and O–H groups in total. The predicted molar refractivity (Wildman–Crippen MR) is 524 cm³/mol. The summed E-state index contributed by atoms with van der Waals surface area (Å²) in [6.07, 6.45) is 41.6. The summed E-state index contributed by atoms with van der Waals surface area (Å²) in [5.74, 6) is 2.05. The fourth-order valence-corrected chi connectivity index (χ4v) is 19.8. The van der Waals surface area contributed by atoms with Gasteiger partial charge in [-0.1, -0.05) is 23.2 Å². The third-order valence-electron chi connectivity index (χ3n) is 25.4. The zero-order valence-corrected chi connectivity index (χ0v) is 80.7. The van der Waals surface area contributed by atoms with Gasteiger partial charge in [0.1, 0.15) is 39.4 Å². The third-order valence-corrected chi connectivity index (χ3v) is 27.8. The summed E-state index contributed by atoms with van der Waals surface area (Å²) >= 11 is 20.1. The van der Waals surface area contributed by atoms with Gasteiger partial charge >= 0.3 is 0 Å². The van der Waals surface area contributed by atoms with E-state index >= 15 is 0 Å². The number of piperidine rings is 4. The standard InChI is InChI=1S/2C15H18ClN7.2C15H18FN7.C14H16BrN7O.C14H16BrN7/c4*1-22-8-10(6-19-22)11-7-20-23-14(17)12(16)13(21-15(11)23)9-3-2-4-18-5-9;1-21-7-8(4-18-21)9-5-19-22-13(16)11(15)12(20-14(9)22)10-6-17-2-3-23-10;1-21-7-9(5-18-21)10-6-19-22-13(16)11(15)12(20-14(10)22)8-2-3-17-4-8/h4*6-9,18H,2-5,17H2,1H3;4-5,7,10,17H,2-3,6,16H2,1H3;5-8,17H,2-4,16H2,1H3. The summed E-state index contributed by atoms with van der Waals surface area (Å²) in [5, 5.41) is 72.1. The van der Waals surface area contributed by atoms with Gasteiger partial charge in [0.2, 0.25) is 0 Å². The van der Waals surface area contributed by atoms with Crippen LogP contribution in [0.4, 0.5) is 43.7 Å². The van der Waals surface area contributed by atoms with Gasteiger partial charge in [0.05, 0.1) is 124 Å². The summed E-state index contributed by atoms with van der Waals surface area (Å²) in [7, 11) is 11.2. The van der Waals surface area contributed by atoms with Gasteiger partial charge in [-0.25, -0.2) is 38.7 Å². The van der Waals surface area contributed by atoms with E-state index in [0.717, 1.165) is 245 Å². The fraction of sp³-hybridized carbons (Fsp3) is 0.386. The summed E-state index contributed by atoms with van der Waals surface area (Å²) in [6, 6.07) is 0. The van der Waals surface area contributed by atoms with Crippen LogP contribution >= 0.6 is 55.1 Å². The molecule has 6 atom stereocenters. The SMILES string of the molecule is Cn1cc(-c2cnn3c(N)c(Br)c(C4CCNC4)nc23)cn1.Cn1cc(-c2cnn3c(N)c(Br)c(C4CNCCO4)nc23)cn1.Cn1cc(-c2cnn3c(N)c(Cl)c(C4CCCNC4)nc23)cn1.Cn1cc(-c2cnn3c(N)c(Cl)c(C4CCCNC4)nc23)cn1.Cn1cc(-c2cnn3c(N)c(F)c(C4CCCNC4)nc23)cn1.Cn1cc(-c2cnn3c(N)c(F)c(C4CCCNC4)nc23)cn1. The van der Waals surface area contributed by atoms with Crippen molar-refractivity contribution in [3.05, 3.63) is 176 Å². The van der Waals surface area contributed by atoms with Crippen LogP contribution in [-0.4, -0.2) is 231 Å². The molecule has 0 amide bonds. The van der Waals surface area contributed by atoms with Crippen molar-refractivity contribution in [1.29, 1.82) is 0 Å². The molecule has 0 saturated carbocycles. The molecule has 6 aliphatic rings. The highest BCUT2D eigenvalue weighted by atomic mass is 79.9. The molecule has 0 radical (unpaired) electrons. The average Bonchev–Trinajstić information content (AvgIpc) is 1.68. The highest BCUT2D eigenvalue weighted by Gasteiger charge is 2.33. The Morgan fingerprint density at radius 3 is 0.818 bits per heavy atom. The number of nitrogen functional groups attached to an aromatic ring is 6. The zero-order chi connectivity index (χ0) is 95.1. The molecule has 714 valence electrons. The number of hydrogen-bond acceptors (Lipinski definition) is 31. The van der Waals surface area contributed by atoms with Gasteiger partial charge in [0, 0.05) is 222 Å². The minimum absolute atomic E-state index is 0.00529. The average molecular weight is 2030 g/mol. The van der Waals surface area contributed by atoms with Gasteiger partial charge in [-0.3, -0.25) is 28.1 Å². The first-order valence-corrected chi connectivity index (χ1v) is 47.5. The quantitative estimate of drug-likeness (QED) is 0.0542. The van der Waals surface area contributed by atoms with E-state index in [9.17, 15) is 8.78 Å². The van der Waals surface area contributed by atoms with Crippen LogP contribution in [0.25, 0.3) is 101 Å². The van der Waals surface area contributed by atoms with Gasteiger partial charge < -0.3 is 71.0 Å². The molecule has 18 aromatic heterocycles. The van der Waals surface area contributed by atoms with Gasteiger partial charge in [-0.05, 0) is 122 Å². The number of ether oxygens (including phenoxy) is 1. The van der Waals surface area contributed by atoms with Crippen molar-refractivity contribution in [3.8, 4) is 66.8 Å². The number of halogens is 6. The van der Waals surface area contributed by atoms with E-state index in [0.29, 0.717) is 80.7 Å². The Kier molecular flexibility index (Phi) is 27.1. The highest BCUT2D eigenvalue weighted by molar-refractivity contribution is 9.11. The molecule has 18 aromatic rings. The lowest BCUT2D eigenvalue weighted by atomic mass is 9.95. The zero-order valence-electron chi connectivity index (χ0n) is 76.0. The Morgan fingerprint density at radius 2 is 0.547 bits per heavy atom. The third kappa shape index (κ3) is 18.7. The second-order valence-corrected chi connectivity index (χ2v) is 37.1. The van der Waals surface area contributed by atoms with Crippen molar-refractivity contribution >= 4 is 124 Å². The van der Waals surface area contributed by atoms with Crippen LogP contribution < -0.4 is 66.3 Å². The molecule has 24 rings (SSSR count). The highest BCUT2D eigenvalue weighted by Crippen LogP contribution is 2.42. The lowest BCUT2D eigenvalue weighted by molar-refractivity contribution is 0.0247. The second kappa shape index (κ2) is 39.9. The fourth-order valence-electron chi connectivity index (χ4n) is 18.2. The van der Waals surface area contributed by atoms with Crippen LogP contribution in [0.5, 0.6) is 0 Å². The van der Waals surface area contributed by atoms with E-state index in [1.807, 2.05) is 85.7 Å². The van der Waals surface area contributed by atoms with E-state index in [1.165, 1.54) is 9.03 Å². The molecule has 137 heavy (non-hydrogen) atoms. The molecule has 6 fully saturated rings. The van der Waals surface area contributed by atoms with Gasteiger partial charge in [0.15, 0.2) is 57.2 Å². The topological polar surface area (TPSA) is 526 Å². The molecule has 49 heteroatoms. The molecule has 6 saturated heterocycles. The maximum Gasteiger partial charge on any atom is 0.187 e. The van der Waals surface area contributed by atoms with Crippen molar-refractivity contribution < 1.29 is 13.5 Å². The number of anilines is 6. The van der Waals surface area contributed by atoms with Crippen LogP contribution in [0.1, 0.15) is 128 Å². The smallest absolute Gasteiger partial charge is 0.187 e. The molecule has 43 nitrogen and oxygen atoms in total. The number of morpholine rings is 1. The van der Waals surface area contributed by atoms with Crippen molar-refractivity contribution in [3.63, 3.8) is 0 Å². The van der Waals surface area contributed by atoms with Crippen LogP contribution in [0.2, 0.25) is 10.0 Å². The minimum Gasteiger partial charge on any atom is -0.383 e. The monoisotopic (exact) mass is 2030 g/mol. The van der Waals surface area contributed by atoms with Crippen LogP contribution in [-0.2, 0) is 47.0 Å². The minimum atomic E-state index is -0.466. The number of aryl methyl sites for hydroxylation is 6.